The fourth-order valence-corrected chi connectivity index (χ4v) is 3.93. The second-order valence-electron chi connectivity index (χ2n) is 7.56. The van der Waals surface area contributed by atoms with Crippen molar-refractivity contribution in [2.45, 2.75) is 65.0 Å². The van der Waals surface area contributed by atoms with Crippen molar-refractivity contribution < 1.29 is 14.3 Å². The van der Waals surface area contributed by atoms with Gasteiger partial charge in [-0.05, 0) is 80.3 Å². The lowest BCUT2D eigenvalue weighted by Gasteiger charge is -2.24. The molecule has 4 heteroatoms. The number of methoxy groups -OCH3 is 1. The minimum atomic E-state index is -0.540. The zero-order valence-electron chi connectivity index (χ0n) is 17.4. The Hall–Kier alpha value is -2.49. The number of nitrogens with one attached hydrogen (secondary N) is 1. The van der Waals surface area contributed by atoms with Crippen LogP contribution < -0.4 is 14.8 Å². The molecule has 1 aliphatic carbocycles. The summed E-state index contributed by atoms with van der Waals surface area (Å²) in [4.78, 5) is 12.8. The van der Waals surface area contributed by atoms with Crippen molar-refractivity contribution >= 4 is 5.91 Å². The Bertz CT molecular complexity index is 831. The molecule has 4 nitrogen and oxygen atoms in total. The van der Waals surface area contributed by atoms with E-state index in [9.17, 15) is 4.79 Å². The molecule has 0 saturated carbocycles. The summed E-state index contributed by atoms with van der Waals surface area (Å²) in [7, 11) is 1.67. The first-order valence-electron chi connectivity index (χ1n) is 10.3. The van der Waals surface area contributed by atoms with Gasteiger partial charge in [0.05, 0.1) is 13.2 Å². The normalized spacial score (nSPS) is 15.3. The molecule has 1 aliphatic rings. The highest BCUT2D eigenvalue weighted by molar-refractivity contribution is 5.81. The van der Waals surface area contributed by atoms with Gasteiger partial charge in [0, 0.05) is 0 Å². The van der Waals surface area contributed by atoms with Gasteiger partial charge < -0.3 is 14.8 Å². The summed E-state index contributed by atoms with van der Waals surface area (Å²) in [6.07, 6.45) is 4.81. The zero-order chi connectivity index (χ0) is 20.1. The number of hydrogen-bond donors (Lipinski definition) is 1. The molecule has 1 amide bonds. The summed E-state index contributed by atoms with van der Waals surface area (Å²) in [6.45, 7) is 5.91. The van der Waals surface area contributed by atoms with Crippen LogP contribution in [0.2, 0.25) is 0 Å². The number of hydrogen-bond acceptors (Lipinski definition) is 3. The van der Waals surface area contributed by atoms with Crippen molar-refractivity contribution in [2.24, 2.45) is 0 Å². The van der Waals surface area contributed by atoms with E-state index < -0.39 is 6.10 Å². The lowest BCUT2D eigenvalue weighted by Crippen LogP contribution is -2.38. The second-order valence-corrected chi connectivity index (χ2v) is 7.56. The summed E-state index contributed by atoms with van der Waals surface area (Å²) in [5.74, 6) is 1.62. The average molecular weight is 382 g/mol. The number of carbonyl (C=O) groups is 1. The number of aryl methyl sites for hydroxylation is 2. The molecule has 0 saturated heterocycles. The van der Waals surface area contributed by atoms with Crippen LogP contribution in [0, 0.1) is 6.92 Å². The molecule has 0 heterocycles. The van der Waals surface area contributed by atoms with E-state index in [4.69, 9.17) is 9.47 Å². The van der Waals surface area contributed by atoms with Crippen molar-refractivity contribution in [1.29, 1.82) is 0 Å². The van der Waals surface area contributed by atoms with Crippen LogP contribution in [0.1, 0.15) is 61.4 Å². The first kappa shape index (κ1) is 20.2. The van der Waals surface area contributed by atoms with Crippen LogP contribution >= 0.6 is 0 Å². The molecule has 1 N–H and O–H groups in total. The lowest BCUT2D eigenvalue weighted by molar-refractivity contribution is -0.128. The topological polar surface area (TPSA) is 47.6 Å². The summed E-state index contributed by atoms with van der Waals surface area (Å²) in [5.41, 5.74) is 4.77. The predicted octanol–water partition coefficient (Wildman–Crippen LogP) is 4.92. The molecule has 2 aromatic carbocycles. The van der Waals surface area contributed by atoms with Gasteiger partial charge in [0.15, 0.2) is 6.10 Å². The van der Waals surface area contributed by atoms with E-state index in [0.717, 1.165) is 41.9 Å². The van der Waals surface area contributed by atoms with E-state index >= 15 is 0 Å². The minimum Gasteiger partial charge on any atom is -0.496 e. The first-order chi connectivity index (χ1) is 13.5. The second kappa shape index (κ2) is 9.13. The minimum absolute atomic E-state index is 0.0483. The van der Waals surface area contributed by atoms with Crippen LogP contribution in [0.15, 0.2) is 36.4 Å². The maximum atomic E-state index is 12.8. The monoisotopic (exact) mass is 381 g/mol. The van der Waals surface area contributed by atoms with E-state index in [0.29, 0.717) is 0 Å². The van der Waals surface area contributed by atoms with Crippen molar-refractivity contribution in [2.75, 3.05) is 7.11 Å². The van der Waals surface area contributed by atoms with E-state index in [1.165, 1.54) is 24.0 Å². The Balaban J connectivity index is 1.68. The summed E-state index contributed by atoms with van der Waals surface area (Å²) >= 11 is 0. The Labute approximate surface area is 168 Å². The van der Waals surface area contributed by atoms with Gasteiger partial charge in [-0.3, -0.25) is 4.79 Å². The molecule has 28 heavy (non-hydrogen) atoms. The van der Waals surface area contributed by atoms with Crippen LogP contribution in [0.25, 0.3) is 0 Å². The third-order valence-corrected chi connectivity index (χ3v) is 5.57. The van der Waals surface area contributed by atoms with Gasteiger partial charge in [-0.2, -0.15) is 0 Å². The molecule has 2 aromatic rings. The van der Waals surface area contributed by atoms with Crippen molar-refractivity contribution in [3.8, 4) is 11.5 Å². The van der Waals surface area contributed by atoms with Gasteiger partial charge in [0.1, 0.15) is 11.5 Å². The molecule has 150 valence electrons. The fourth-order valence-electron chi connectivity index (χ4n) is 3.93. The average Bonchev–Trinajstić information content (AvgIpc) is 2.72. The molecule has 0 spiro atoms. The van der Waals surface area contributed by atoms with Crippen LogP contribution in [-0.4, -0.2) is 19.1 Å². The maximum Gasteiger partial charge on any atom is 0.261 e. The molecular formula is C24H31NO3. The number of fused-ring (bicyclic) bond motifs is 1. The number of rotatable bonds is 7. The van der Waals surface area contributed by atoms with Crippen LogP contribution in [0.3, 0.4) is 0 Å². The summed E-state index contributed by atoms with van der Waals surface area (Å²) < 4.78 is 11.4. The molecule has 2 unspecified atom stereocenters. The molecule has 0 aliphatic heterocycles. The summed E-state index contributed by atoms with van der Waals surface area (Å²) in [6, 6.07) is 12.2. The Morgan fingerprint density at radius 3 is 2.64 bits per heavy atom. The van der Waals surface area contributed by atoms with Crippen LogP contribution in [-0.2, 0) is 17.6 Å². The molecule has 0 radical (unpaired) electrons. The number of amides is 1. The number of carbonyl (C=O) groups excluding carboxylic acids is 1. The highest BCUT2D eigenvalue weighted by atomic mass is 16.5. The SMILES string of the molecule is CCC(NC(=O)C(C)Oc1cccc2c1CCCC2)c1ccc(OC)c(C)c1. The van der Waals surface area contributed by atoms with E-state index in [1.807, 2.05) is 38.1 Å². The van der Waals surface area contributed by atoms with Crippen LogP contribution in [0.4, 0.5) is 0 Å². The van der Waals surface area contributed by atoms with Crippen molar-refractivity contribution in [3.05, 3.63) is 58.7 Å². The summed E-state index contributed by atoms with van der Waals surface area (Å²) in [5, 5.41) is 3.14. The highest BCUT2D eigenvalue weighted by Gasteiger charge is 2.22. The smallest absolute Gasteiger partial charge is 0.261 e. The Kier molecular flexibility index (Phi) is 6.61. The van der Waals surface area contributed by atoms with Gasteiger partial charge in [-0.15, -0.1) is 0 Å². The standard InChI is InChI=1S/C24H31NO3/c1-5-21(19-13-14-22(27-4)16(2)15-19)25-24(26)17(3)28-23-12-8-10-18-9-6-7-11-20(18)23/h8,10,12-15,17,21H,5-7,9,11H2,1-4H3,(H,25,26). The van der Waals surface area contributed by atoms with E-state index in [-0.39, 0.29) is 11.9 Å². The first-order valence-corrected chi connectivity index (χ1v) is 10.3. The molecule has 2 atom stereocenters. The number of benzene rings is 2. The van der Waals surface area contributed by atoms with Gasteiger partial charge in [0.25, 0.3) is 5.91 Å². The molecule has 3 rings (SSSR count). The zero-order valence-corrected chi connectivity index (χ0v) is 17.4. The van der Waals surface area contributed by atoms with Gasteiger partial charge in [0.2, 0.25) is 0 Å². The molecular weight excluding hydrogens is 350 g/mol. The number of ether oxygens (including phenoxy) is 2. The fraction of sp³-hybridized carbons (Fsp3) is 0.458. The van der Waals surface area contributed by atoms with E-state index in [1.54, 1.807) is 7.11 Å². The van der Waals surface area contributed by atoms with Gasteiger partial charge in [-0.1, -0.05) is 31.2 Å². The van der Waals surface area contributed by atoms with Gasteiger partial charge in [-0.25, -0.2) is 0 Å². The quantitative estimate of drug-likeness (QED) is 0.741. The third kappa shape index (κ3) is 4.49. The van der Waals surface area contributed by atoms with Crippen LogP contribution in [0.5, 0.6) is 11.5 Å². The molecule has 0 aromatic heterocycles. The third-order valence-electron chi connectivity index (χ3n) is 5.57. The Morgan fingerprint density at radius 2 is 1.93 bits per heavy atom. The largest absolute Gasteiger partial charge is 0.496 e. The van der Waals surface area contributed by atoms with Crippen molar-refractivity contribution in [3.63, 3.8) is 0 Å². The Morgan fingerprint density at radius 1 is 1.14 bits per heavy atom. The van der Waals surface area contributed by atoms with Crippen molar-refractivity contribution in [1.82, 2.24) is 5.32 Å². The molecule has 0 bridgehead atoms. The lowest BCUT2D eigenvalue weighted by atomic mass is 9.91. The van der Waals surface area contributed by atoms with E-state index in [2.05, 4.69) is 24.4 Å². The maximum absolute atomic E-state index is 12.8. The predicted molar refractivity (Wildman–Crippen MR) is 112 cm³/mol. The van der Waals surface area contributed by atoms with Gasteiger partial charge >= 0.3 is 0 Å². The highest BCUT2D eigenvalue weighted by Crippen LogP contribution is 2.30. The molecule has 0 fully saturated rings.